The Labute approximate surface area is 156 Å². The summed E-state index contributed by atoms with van der Waals surface area (Å²) < 4.78 is 8.50. The fourth-order valence-corrected chi connectivity index (χ4v) is 3.64. The van der Waals surface area contributed by atoms with Gasteiger partial charge in [-0.15, -0.1) is 0 Å². The van der Waals surface area contributed by atoms with Crippen molar-refractivity contribution in [3.8, 4) is 17.1 Å². The summed E-state index contributed by atoms with van der Waals surface area (Å²) in [6, 6.07) is 6.34. The van der Waals surface area contributed by atoms with Crippen molar-refractivity contribution in [3.05, 3.63) is 36.9 Å². The number of amides is 1. The van der Waals surface area contributed by atoms with Crippen molar-refractivity contribution in [2.45, 2.75) is 38.3 Å². The van der Waals surface area contributed by atoms with Gasteiger partial charge in [-0.25, -0.2) is 9.97 Å². The molecule has 27 heavy (non-hydrogen) atoms. The van der Waals surface area contributed by atoms with Gasteiger partial charge in [0.2, 0.25) is 11.8 Å². The first kappa shape index (κ1) is 16.2. The monoisotopic (exact) mass is 363 g/mol. The molecular formula is C20H21N5O2. The molecule has 7 nitrogen and oxygen atoms in total. The molecule has 1 N–H and O–H groups in total. The van der Waals surface area contributed by atoms with Gasteiger partial charge < -0.3 is 14.6 Å². The van der Waals surface area contributed by atoms with Crippen LogP contribution >= 0.6 is 0 Å². The number of fused-ring (bicyclic) bond motifs is 1. The lowest BCUT2D eigenvalue weighted by molar-refractivity contribution is -0.119. The van der Waals surface area contributed by atoms with Gasteiger partial charge in [-0.05, 0) is 38.0 Å². The summed E-state index contributed by atoms with van der Waals surface area (Å²) in [6.45, 7) is 2.66. The fraction of sp³-hybridized carbons (Fsp3) is 0.400. The quantitative estimate of drug-likeness (QED) is 0.754. The van der Waals surface area contributed by atoms with Crippen LogP contribution in [0.5, 0.6) is 5.88 Å². The molecule has 0 radical (unpaired) electrons. The lowest BCUT2D eigenvalue weighted by atomic mass is 10.0. The topological polar surface area (TPSA) is 81.9 Å². The third-order valence-corrected chi connectivity index (χ3v) is 5.41. The third-order valence-electron chi connectivity index (χ3n) is 5.41. The molecule has 1 saturated heterocycles. The minimum atomic E-state index is -0.116. The van der Waals surface area contributed by atoms with Crippen molar-refractivity contribution < 1.29 is 9.53 Å². The van der Waals surface area contributed by atoms with Crippen LogP contribution in [0.3, 0.4) is 0 Å². The third kappa shape index (κ3) is 3.03. The molecule has 0 aromatic carbocycles. The Balaban J connectivity index is 1.57. The Hall–Kier alpha value is -2.96. The number of hydrogen-bond donors (Lipinski definition) is 1. The summed E-state index contributed by atoms with van der Waals surface area (Å²) in [6.07, 6.45) is 8.09. The highest BCUT2D eigenvalue weighted by molar-refractivity contribution is 5.85. The normalized spacial score (nSPS) is 20.6. The molecule has 7 heteroatoms. The number of rotatable bonds is 5. The zero-order valence-corrected chi connectivity index (χ0v) is 15.1. The van der Waals surface area contributed by atoms with Crippen molar-refractivity contribution in [2.24, 2.45) is 5.92 Å². The number of nitrogens with one attached hydrogen (secondary N) is 1. The fourth-order valence-electron chi connectivity index (χ4n) is 3.64. The highest BCUT2D eigenvalue weighted by Gasteiger charge is 2.31. The number of pyridine rings is 2. The first-order valence-corrected chi connectivity index (χ1v) is 9.40. The SMILES string of the molecule is CC(Oc1nc(-c2ccncc2)cc2ncn(C3CC3)c12)C1CNC(=O)C1. The van der Waals surface area contributed by atoms with E-state index in [1.165, 1.54) is 0 Å². The molecule has 0 bridgehead atoms. The van der Waals surface area contributed by atoms with Crippen molar-refractivity contribution in [2.75, 3.05) is 6.54 Å². The molecule has 2 fully saturated rings. The molecule has 2 atom stereocenters. The Kier molecular flexibility index (Phi) is 3.81. The molecule has 3 aromatic heterocycles. The first-order chi connectivity index (χ1) is 13.2. The van der Waals surface area contributed by atoms with E-state index in [0.717, 1.165) is 35.1 Å². The van der Waals surface area contributed by atoms with Crippen LogP contribution in [-0.4, -0.2) is 38.1 Å². The van der Waals surface area contributed by atoms with Gasteiger partial charge in [0.25, 0.3) is 0 Å². The number of hydrogen-bond acceptors (Lipinski definition) is 5. The lowest BCUT2D eigenvalue weighted by Gasteiger charge is -2.20. The van der Waals surface area contributed by atoms with E-state index in [0.29, 0.717) is 24.9 Å². The van der Waals surface area contributed by atoms with Gasteiger partial charge in [-0.3, -0.25) is 9.78 Å². The van der Waals surface area contributed by atoms with Crippen LogP contribution in [-0.2, 0) is 4.79 Å². The number of imidazole rings is 1. The maximum absolute atomic E-state index is 11.6. The molecule has 3 aromatic rings. The van der Waals surface area contributed by atoms with Crippen LogP contribution in [0.1, 0.15) is 32.2 Å². The Morgan fingerprint density at radius 1 is 1.30 bits per heavy atom. The second-order valence-corrected chi connectivity index (χ2v) is 7.39. The van der Waals surface area contributed by atoms with E-state index >= 15 is 0 Å². The number of nitrogens with zero attached hydrogens (tertiary/aromatic N) is 4. The number of carbonyl (C=O) groups excluding carboxylic acids is 1. The summed E-state index contributed by atoms with van der Waals surface area (Å²) in [4.78, 5) is 25.1. The zero-order chi connectivity index (χ0) is 18.4. The number of carbonyl (C=O) groups is 1. The average Bonchev–Trinajstić information content (AvgIpc) is 3.28. The van der Waals surface area contributed by atoms with E-state index in [4.69, 9.17) is 9.72 Å². The average molecular weight is 363 g/mol. The molecule has 1 aliphatic heterocycles. The molecule has 138 valence electrons. The second kappa shape index (κ2) is 6.33. The number of ether oxygens (including phenoxy) is 1. The van der Waals surface area contributed by atoms with Gasteiger partial charge in [-0.2, -0.15) is 0 Å². The van der Waals surface area contributed by atoms with E-state index in [-0.39, 0.29) is 17.9 Å². The van der Waals surface area contributed by atoms with E-state index in [1.54, 1.807) is 12.4 Å². The molecule has 1 aliphatic carbocycles. The van der Waals surface area contributed by atoms with Crippen LogP contribution < -0.4 is 10.1 Å². The van der Waals surface area contributed by atoms with Gasteiger partial charge in [0.1, 0.15) is 11.6 Å². The molecule has 0 spiro atoms. The summed E-state index contributed by atoms with van der Waals surface area (Å²) in [5.74, 6) is 0.828. The smallest absolute Gasteiger partial charge is 0.241 e. The van der Waals surface area contributed by atoms with Crippen LogP contribution in [0.25, 0.3) is 22.3 Å². The minimum Gasteiger partial charge on any atom is -0.473 e. The largest absolute Gasteiger partial charge is 0.473 e. The van der Waals surface area contributed by atoms with E-state index in [1.807, 2.05) is 31.5 Å². The maximum Gasteiger partial charge on any atom is 0.241 e. The van der Waals surface area contributed by atoms with Crippen molar-refractivity contribution in [1.29, 1.82) is 0 Å². The highest BCUT2D eigenvalue weighted by atomic mass is 16.5. The maximum atomic E-state index is 11.6. The number of aromatic nitrogens is 4. The van der Waals surface area contributed by atoms with Gasteiger partial charge >= 0.3 is 0 Å². The van der Waals surface area contributed by atoms with Crippen molar-refractivity contribution in [1.82, 2.24) is 24.8 Å². The summed E-state index contributed by atoms with van der Waals surface area (Å²) >= 11 is 0. The molecule has 2 aliphatic rings. The first-order valence-electron chi connectivity index (χ1n) is 9.40. The van der Waals surface area contributed by atoms with Crippen LogP contribution in [0.15, 0.2) is 36.9 Å². The Morgan fingerprint density at radius 2 is 2.11 bits per heavy atom. The van der Waals surface area contributed by atoms with Crippen molar-refractivity contribution in [3.63, 3.8) is 0 Å². The van der Waals surface area contributed by atoms with Gasteiger partial charge in [0.05, 0.1) is 17.5 Å². The molecule has 1 saturated carbocycles. The molecule has 1 amide bonds. The Bertz CT molecular complexity index is 996. The summed E-state index contributed by atoms with van der Waals surface area (Å²) in [5.41, 5.74) is 3.61. The lowest BCUT2D eigenvalue weighted by Crippen LogP contribution is -2.26. The summed E-state index contributed by atoms with van der Waals surface area (Å²) in [7, 11) is 0. The van der Waals surface area contributed by atoms with Gasteiger partial charge in [0, 0.05) is 42.9 Å². The van der Waals surface area contributed by atoms with Gasteiger partial charge in [0.15, 0.2) is 0 Å². The van der Waals surface area contributed by atoms with E-state index in [9.17, 15) is 4.79 Å². The van der Waals surface area contributed by atoms with E-state index in [2.05, 4.69) is 19.9 Å². The van der Waals surface area contributed by atoms with Crippen LogP contribution in [0.4, 0.5) is 0 Å². The Morgan fingerprint density at radius 3 is 2.81 bits per heavy atom. The zero-order valence-electron chi connectivity index (χ0n) is 15.1. The molecule has 4 heterocycles. The van der Waals surface area contributed by atoms with Gasteiger partial charge in [-0.1, -0.05) is 0 Å². The van der Waals surface area contributed by atoms with Crippen LogP contribution in [0, 0.1) is 5.92 Å². The highest BCUT2D eigenvalue weighted by Crippen LogP contribution is 2.40. The van der Waals surface area contributed by atoms with Crippen molar-refractivity contribution >= 4 is 16.9 Å². The molecule has 5 rings (SSSR count). The predicted octanol–water partition coefficient (Wildman–Crippen LogP) is 2.73. The molecular weight excluding hydrogens is 342 g/mol. The molecule has 2 unspecified atom stereocenters. The summed E-state index contributed by atoms with van der Waals surface area (Å²) in [5, 5.41) is 2.88. The minimum absolute atomic E-state index is 0.0853. The van der Waals surface area contributed by atoms with Crippen LogP contribution in [0.2, 0.25) is 0 Å². The standard InChI is InChI=1S/C20H21N5O2/c1-12(14-8-18(26)22-10-14)27-20-19-17(23-11-25(19)15-2-3-15)9-16(24-20)13-4-6-21-7-5-13/h4-7,9,11-12,14-15H,2-3,8,10H2,1H3,(H,22,26). The van der Waals surface area contributed by atoms with E-state index < -0.39 is 0 Å². The second-order valence-electron chi connectivity index (χ2n) is 7.39. The predicted molar refractivity (Wildman–Crippen MR) is 100 cm³/mol.